The average Bonchev–Trinajstić information content (AvgIpc) is 2.05. The fraction of sp³-hybridized carbons (Fsp3) is 0.125. The van der Waals surface area contributed by atoms with E-state index >= 15 is 0 Å². The molecule has 82 valence electrons. The van der Waals surface area contributed by atoms with E-state index in [1.807, 2.05) is 0 Å². The van der Waals surface area contributed by atoms with E-state index < -0.39 is 18.1 Å². The van der Waals surface area contributed by atoms with Crippen LogP contribution in [0, 0.1) is 3.57 Å². The molecule has 0 unspecified atom stereocenters. The quantitative estimate of drug-likeness (QED) is 0.848. The number of ether oxygens (including phenoxy) is 1. The number of alkyl halides is 3. The predicted octanol–water partition coefficient (Wildman–Crippen LogP) is 2.89. The Kier molecular flexibility index (Phi) is 3.42. The average molecular weight is 332 g/mol. The zero-order valence-corrected chi connectivity index (χ0v) is 9.17. The van der Waals surface area contributed by atoms with Gasteiger partial charge in [-0.3, -0.25) is 0 Å². The molecule has 0 aromatic heterocycles. The van der Waals surface area contributed by atoms with Gasteiger partial charge in [-0.05, 0) is 34.7 Å². The summed E-state index contributed by atoms with van der Waals surface area (Å²) in [5.74, 6) is -1.81. The molecule has 7 heteroatoms. The largest absolute Gasteiger partial charge is 0.573 e. The second kappa shape index (κ2) is 4.25. The monoisotopic (exact) mass is 332 g/mol. The van der Waals surface area contributed by atoms with Gasteiger partial charge in [0, 0.05) is 0 Å². The summed E-state index contributed by atoms with van der Waals surface area (Å²) in [7, 11) is 0. The van der Waals surface area contributed by atoms with Gasteiger partial charge < -0.3 is 9.84 Å². The Morgan fingerprint density at radius 3 is 2.47 bits per heavy atom. The highest BCUT2D eigenvalue weighted by molar-refractivity contribution is 14.1. The highest BCUT2D eigenvalue weighted by Gasteiger charge is 2.32. The molecule has 0 aliphatic rings. The van der Waals surface area contributed by atoms with E-state index in [-0.39, 0.29) is 9.13 Å². The van der Waals surface area contributed by atoms with Crippen molar-refractivity contribution in [3.8, 4) is 5.75 Å². The van der Waals surface area contributed by atoms with Crippen LogP contribution in [0.3, 0.4) is 0 Å². The molecule has 0 radical (unpaired) electrons. The number of hydrogen-bond acceptors (Lipinski definition) is 2. The number of halogens is 4. The van der Waals surface area contributed by atoms with Crippen LogP contribution in [0.5, 0.6) is 5.75 Å². The van der Waals surface area contributed by atoms with E-state index in [2.05, 4.69) is 4.74 Å². The summed E-state index contributed by atoms with van der Waals surface area (Å²) >= 11 is 1.49. The van der Waals surface area contributed by atoms with Gasteiger partial charge in [-0.25, -0.2) is 4.79 Å². The molecule has 1 aromatic rings. The summed E-state index contributed by atoms with van der Waals surface area (Å²) in [6.45, 7) is 0. The van der Waals surface area contributed by atoms with E-state index in [0.717, 1.165) is 6.07 Å². The molecule has 15 heavy (non-hydrogen) atoms. The van der Waals surface area contributed by atoms with Gasteiger partial charge in [0.05, 0.1) is 9.13 Å². The van der Waals surface area contributed by atoms with Gasteiger partial charge in [0.25, 0.3) is 0 Å². The van der Waals surface area contributed by atoms with Crippen molar-refractivity contribution in [2.75, 3.05) is 0 Å². The smallest absolute Gasteiger partial charge is 0.478 e. The maximum atomic E-state index is 11.9. The lowest BCUT2D eigenvalue weighted by Crippen LogP contribution is -2.18. The first kappa shape index (κ1) is 12.1. The molecule has 0 amide bonds. The Bertz CT molecular complexity index is 389. The normalized spacial score (nSPS) is 11.2. The number of rotatable bonds is 2. The van der Waals surface area contributed by atoms with Crippen molar-refractivity contribution in [2.24, 2.45) is 0 Å². The van der Waals surface area contributed by atoms with Crippen molar-refractivity contribution in [1.82, 2.24) is 0 Å². The van der Waals surface area contributed by atoms with Crippen LogP contribution < -0.4 is 4.74 Å². The lowest BCUT2D eigenvalue weighted by atomic mass is 10.2. The predicted molar refractivity (Wildman–Crippen MR) is 52.8 cm³/mol. The lowest BCUT2D eigenvalue weighted by Gasteiger charge is -2.11. The van der Waals surface area contributed by atoms with E-state index in [1.54, 1.807) is 0 Å². The molecule has 1 aromatic carbocycles. The molecular formula is C8H4F3IO3. The van der Waals surface area contributed by atoms with Crippen molar-refractivity contribution in [3.63, 3.8) is 0 Å². The molecular weight excluding hydrogens is 328 g/mol. The molecule has 0 saturated heterocycles. The summed E-state index contributed by atoms with van der Waals surface area (Å²) in [6.07, 6.45) is -4.82. The topological polar surface area (TPSA) is 46.5 Å². The lowest BCUT2D eigenvalue weighted by molar-refractivity contribution is -0.275. The van der Waals surface area contributed by atoms with Gasteiger partial charge in [-0.2, -0.15) is 0 Å². The van der Waals surface area contributed by atoms with Crippen LogP contribution in [0.15, 0.2) is 18.2 Å². The van der Waals surface area contributed by atoms with Crippen LogP contribution in [0.4, 0.5) is 13.2 Å². The standard InChI is InChI=1S/C8H4F3IO3/c9-8(10,11)15-5-3-1-2-4(6(5)12)7(13)14/h1-3H,(H,13,14). The van der Waals surface area contributed by atoms with E-state index in [0.29, 0.717) is 0 Å². The molecule has 0 heterocycles. The SMILES string of the molecule is O=C(O)c1cccc(OC(F)(F)F)c1I. The van der Waals surface area contributed by atoms with Gasteiger partial charge in [0.1, 0.15) is 5.75 Å². The Balaban J connectivity index is 3.10. The number of carboxylic acid groups (broad SMARTS) is 1. The van der Waals surface area contributed by atoms with Gasteiger partial charge >= 0.3 is 12.3 Å². The van der Waals surface area contributed by atoms with Crippen LogP contribution in [-0.4, -0.2) is 17.4 Å². The fourth-order valence-electron chi connectivity index (χ4n) is 0.879. The van der Waals surface area contributed by atoms with Crippen LogP contribution in [0.2, 0.25) is 0 Å². The molecule has 0 spiro atoms. The van der Waals surface area contributed by atoms with E-state index in [9.17, 15) is 18.0 Å². The summed E-state index contributed by atoms with van der Waals surface area (Å²) in [4.78, 5) is 10.6. The molecule has 0 aliphatic carbocycles. The number of carboxylic acids is 1. The Labute approximate surface area is 96.0 Å². The summed E-state index contributed by atoms with van der Waals surface area (Å²) in [5, 5.41) is 8.65. The third kappa shape index (κ3) is 3.26. The van der Waals surface area contributed by atoms with Crippen LogP contribution in [-0.2, 0) is 0 Å². The van der Waals surface area contributed by atoms with Crippen LogP contribution in [0.25, 0.3) is 0 Å². The maximum absolute atomic E-state index is 11.9. The molecule has 0 aliphatic heterocycles. The van der Waals surface area contributed by atoms with Gasteiger partial charge in [0.15, 0.2) is 0 Å². The summed E-state index contributed by atoms with van der Waals surface area (Å²) in [5.41, 5.74) is -0.225. The number of aromatic carboxylic acids is 1. The van der Waals surface area contributed by atoms with Gasteiger partial charge in [-0.1, -0.05) is 6.07 Å². The molecule has 0 saturated carbocycles. The molecule has 0 bridgehead atoms. The molecule has 0 fully saturated rings. The van der Waals surface area contributed by atoms with Crippen molar-refractivity contribution in [1.29, 1.82) is 0 Å². The Morgan fingerprint density at radius 2 is 2.00 bits per heavy atom. The van der Waals surface area contributed by atoms with Gasteiger partial charge in [-0.15, -0.1) is 13.2 Å². The molecule has 0 atom stereocenters. The first-order chi connectivity index (χ1) is 6.81. The summed E-state index contributed by atoms with van der Waals surface area (Å²) in [6, 6.07) is 3.45. The number of carbonyl (C=O) groups is 1. The summed E-state index contributed by atoms with van der Waals surface area (Å²) < 4.78 is 39.2. The maximum Gasteiger partial charge on any atom is 0.573 e. The van der Waals surface area contributed by atoms with E-state index in [4.69, 9.17) is 5.11 Å². The second-order valence-electron chi connectivity index (χ2n) is 2.47. The minimum atomic E-state index is -4.82. The molecule has 1 N–H and O–H groups in total. The zero-order valence-electron chi connectivity index (χ0n) is 7.01. The van der Waals surface area contributed by atoms with Crippen LogP contribution in [0.1, 0.15) is 10.4 Å². The van der Waals surface area contributed by atoms with Crippen molar-refractivity contribution >= 4 is 28.6 Å². The molecule has 1 rings (SSSR count). The minimum Gasteiger partial charge on any atom is -0.478 e. The third-order valence-corrected chi connectivity index (χ3v) is 2.53. The number of hydrogen-bond donors (Lipinski definition) is 1. The molecule has 3 nitrogen and oxygen atoms in total. The second-order valence-corrected chi connectivity index (χ2v) is 3.55. The van der Waals surface area contributed by atoms with E-state index in [1.165, 1.54) is 34.7 Å². The first-order valence-corrected chi connectivity index (χ1v) is 4.66. The highest BCUT2D eigenvalue weighted by Crippen LogP contribution is 2.29. The minimum absolute atomic E-state index is 0.0834. The van der Waals surface area contributed by atoms with Crippen molar-refractivity contribution in [3.05, 3.63) is 27.3 Å². The van der Waals surface area contributed by atoms with Gasteiger partial charge in [0.2, 0.25) is 0 Å². The van der Waals surface area contributed by atoms with Crippen molar-refractivity contribution in [2.45, 2.75) is 6.36 Å². The number of benzene rings is 1. The Morgan fingerprint density at radius 1 is 1.40 bits per heavy atom. The zero-order chi connectivity index (χ0) is 11.6. The van der Waals surface area contributed by atoms with Crippen LogP contribution >= 0.6 is 22.6 Å². The highest BCUT2D eigenvalue weighted by atomic mass is 127. The fourth-order valence-corrected chi connectivity index (χ4v) is 1.58. The first-order valence-electron chi connectivity index (χ1n) is 3.59. The third-order valence-electron chi connectivity index (χ3n) is 1.42. The Hall–Kier alpha value is -0.990. The van der Waals surface area contributed by atoms with Crippen molar-refractivity contribution < 1.29 is 27.8 Å².